The molecule has 4 heteroatoms. The van der Waals surface area contributed by atoms with Gasteiger partial charge in [-0.3, -0.25) is 4.98 Å². The molecule has 0 saturated heterocycles. The summed E-state index contributed by atoms with van der Waals surface area (Å²) in [7, 11) is 0. The third-order valence-corrected chi connectivity index (χ3v) is 3.50. The molecule has 0 aliphatic heterocycles. The number of benzene rings is 1. The van der Waals surface area contributed by atoms with Gasteiger partial charge in [-0.15, -0.1) is 0 Å². The van der Waals surface area contributed by atoms with E-state index in [1.807, 2.05) is 32.0 Å². The van der Waals surface area contributed by atoms with Gasteiger partial charge < -0.3 is 9.15 Å². The summed E-state index contributed by atoms with van der Waals surface area (Å²) in [5.41, 5.74) is 3.02. The smallest absolute Gasteiger partial charge is 0.336 e. The molecule has 0 radical (unpaired) electrons. The van der Waals surface area contributed by atoms with Gasteiger partial charge in [-0.2, -0.15) is 0 Å². The first-order valence-electron chi connectivity index (χ1n) is 7.30. The third kappa shape index (κ3) is 2.72. The van der Waals surface area contributed by atoms with E-state index in [1.165, 1.54) is 6.07 Å². The van der Waals surface area contributed by atoms with E-state index in [-0.39, 0.29) is 5.63 Å². The average Bonchev–Trinajstić information content (AvgIpc) is 2.52. The van der Waals surface area contributed by atoms with Gasteiger partial charge in [0.25, 0.3) is 0 Å². The molecule has 0 aliphatic rings. The Balaban J connectivity index is 2.19. The van der Waals surface area contributed by atoms with Gasteiger partial charge in [0.05, 0.1) is 6.61 Å². The van der Waals surface area contributed by atoms with Gasteiger partial charge in [0.15, 0.2) is 0 Å². The molecule has 0 bridgehead atoms. The van der Waals surface area contributed by atoms with Gasteiger partial charge in [-0.25, -0.2) is 4.79 Å². The van der Waals surface area contributed by atoms with E-state index in [0.717, 1.165) is 28.5 Å². The summed E-state index contributed by atoms with van der Waals surface area (Å²) in [5.74, 6) is 0.709. The third-order valence-electron chi connectivity index (χ3n) is 3.50. The number of ether oxygens (including phenoxy) is 1. The number of rotatable bonds is 4. The summed E-state index contributed by atoms with van der Waals surface area (Å²) < 4.78 is 10.9. The van der Waals surface area contributed by atoms with Crippen molar-refractivity contribution in [2.24, 2.45) is 0 Å². The molecule has 2 aromatic heterocycles. The molecule has 0 atom stereocenters. The van der Waals surface area contributed by atoms with Crippen LogP contribution < -0.4 is 10.4 Å². The number of hydrogen-bond acceptors (Lipinski definition) is 4. The van der Waals surface area contributed by atoms with Gasteiger partial charge in [-0.05, 0) is 42.7 Å². The molecule has 2 heterocycles. The number of aromatic nitrogens is 1. The van der Waals surface area contributed by atoms with Crippen LogP contribution in [0.2, 0.25) is 0 Å². The molecule has 0 saturated carbocycles. The second kappa shape index (κ2) is 6.02. The Morgan fingerprint density at radius 1 is 1.18 bits per heavy atom. The van der Waals surface area contributed by atoms with Crippen molar-refractivity contribution >= 4 is 11.0 Å². The van der Waals surface area contributed by atoms with E-state index in [2.05, 4.69) is 4.98 Å². The maximum absolute atomic E-state index is 11.9. The molecule has 22 heavy (non-hydrogen) atoms. The highest BCUT2D eigenvalue weighted by atomic mass is 16.5. The van der Waals surface area contributed by atoms with Crippen LogP contribution in [0.4, 0.5) is 0 Å². The first-order chi connectivity index (χ1) is 10.7. The summed E-state index contributed by atoms with van der Waals surface area (Å²) in [6, 6.07) is 9.03. The highest BCUT2D eigenvalue weighted by Gasteiger charge is 2.10. The average molecular weight is 295 g/mol. The van der Waals surface area contributed by atoms with Crippen LogP contribution >= 0.6 is 0 Å². The van der Waals surface area contributed by atoms with Crippen molar-refractivity contribution in [3.05, 3.63) is 58.7 Å². The van der Waals surface area contributed by atoms with Crippen LogP contribution in [-0.2, 0) is 0 Å². The predicted octanol–water partition coefficient (Wildman–Crippen LogP) is 3.95. The molecule has 0 aliphatic carbocycles. The van der Waals surface area contributed by atoms with Gasteiger partial charge in [0, 0.05) is 35.5 Å². The summed E-state index contributed by atoms with van der Waals surface area (Å²) in [6.45, 7) is 4.66. The minimum atomic E-state index is -0.369. The van der Waals surface area contributed by atoms with Gasteiger partial charge in [-0.1, -0.05) is 6.92 Å². The minimum Gasteiger partial charge on any atom is -0.493 e. The Morgan fingerprint density at radius 3 is 2.82 bits per heavy atom. The maximum Gasteiger partial charge on any atom is 0.336 e. The number of aryl methyl sites for hydroxylation is 1. The van der Waals surface area contributed by atoms with Crippen molar-refractivity contribution in [3.8, 4) is 16.9 Å². The summed E-state index contributed by atoms with van der Waals surface area (Å²) in [6.07, 6.45) is 4.44. The lowest BCUT2D eigenvalue weighted by Crippen LogP contribution is -2.00. The molecule has 0 unspecified atom stereocenters. The van der Waals surface area contributed by atoms with Crippen molar-refractivity contribution < 1.29 is 9.15 Å². The van der Waals surface area contributed by atoms with Gasteiger partial charge in [0.2, 0.25) is 0 Å². The lowest BCUT2D eigenvalue weighted by atomic mass is 9.99. The van der Waals surface area contributed by atoms with E-state index in [1.54, 1.807) is 18.5 Å². The Morgan fingerprint density at radius 2 is 2.05 bits per heavy atom. The molecule has 0 fully saturated rings. The fourth-order valence-corrected chi connectivity index (χ4v) is 2.45. The van der Waals surface area contributed by atoms with Crippen LogP contribution in [0.1, 0.15) is 18.9 Å². The minimum absolute atomic E-state index is 0.369. The van der Waals surface area contributed by atoms with Gasteiger partial charge in [0.1, 0.15) is 11.3 Å². The van der Waals surface area contributed by atoms with Crippen LogP contribution in [0, 0.1) is 6.92 Å². The van der Waals surface area contributed by atoms with E-state index in [9.17, 15) is 4.79 Å². The highest BCUT2D eigenvalue weighted by molar-refractivity contribution is 5.94. The SMILES string of the molecule is CCCOc1ccc2c(-c3ccncc3C)cc(=O)oc2c1. The first kappa shape index (κ1) is 14.3. The number of fused-ring (bicyclic) bond motifs is 1. The second-order valence-electron chi connectivity index (χ2n) is 5.18. The Hall–Kier alpha value is -2.62. The molecule has 0 amide bonds. The zero-order valence-electron chi connectivity index (χ0n) is 12.6. The van der Waals surface area contributed by atoms with Crippen molar-refractivity contribution in [1.29, 1.82) is 0 Å². The molecular formula is C18H17NO3. The molecular weight excluding hydrogens is 278 g/mol. The summed E-state index contributed by atoms with van der Waals surface area (Å²) in [5, 5.41) is 0.887. The van der Waals surface area contributed by atoms with Crippen molar-refractivity contribution in [1.82, 2.24) is 4.98 Å². The molecule has 3 rings (SSSR count). The molecule has 0 N–H and O–H groups in total. The fraction of sp³-hybridized carbons (Fsp3) is 0.222. The topological polar surface area (TPSA) is 52.3 Å². The monoisotopic (exact) mass is 295 g/mol. The van der Waals surface area contributed by atoms with Crippen LogP contribution in [0.5, 0.6) is 5.75 Å². The molecule has 3 aromatic rings. The highest BCUT2D eigenvalue weighted by Crippen LogP contribution is 2.31. The van der Waals surface area contributed by atoms with Crippen molar-refractivity contribution in [2.75, 3.05) is 6.61 Å². The Bertz CT molecular complexity index is 868. The van der Waals surface area contributed by atoms with Crippen LogP contribution in [0.25, 0.3) is 22.1 Å². The molecule has 112 valence electrons. The molecule has 4 nitrogen and oxygen atoms in total. The largest absolute Gasteiger partial charge is 0.493 e. The van der Waals surface area contributed by atoms with Crippen molar-refractivity contribution in [3.63, 3.8) is 0 Å². The molecule has 1 aromatic carbocycles. The maximum atomic E-state index is 11.9. The van der Waals surface area contributed by atoms with Crippen molar-refractivity contribution in [2.45, 2.75) is 20.3 Å². The van der Waals surface area contributed by atoms with E-state index in [4.69, 9.17) is 9.15 Å². The Kier molecular flexibility index (Phi) is 3.92. The molecule has 0 spiro atoms. The zero-order chi connectivity index (χ0) is 15.5. The standard InChI is InChI=1S/C18H17NO3/c1-3-8-21-13-4-5-15-16(10-18(20)22-17(15)9-13)14-6-7-19-11-12(14)2/h4-7,9-11H,3,8H2,1-2H3. The van der Waals surface area contributed by atoms with E-state index >= 15 is 0 Å². The summed E-state index contributed by atoms with van der Waals surface area (Å²) >= 11 is 0. The summed E-state index contributed by atoms with van der Waals surface area (Å²) in [4.78, 5) is 16.0. The number of hydrogen-bond donors (Lipinski definition) is 0. The number of nitrogens with zero attached hydrogens (tertiary/aromatic N) is 1. The zero-order valence-corrected chi connectivity index (χ0v) is 12.6. The number of pyridine rings is 1. The quantitative estimate of drug-likeness (QED) is 0.684. The first-order valence-corrected chi connectivity index (χ1v) is 7.30. The Labute approximate surface area is 128 Å². The van der Waals surface area contributed by atoms with Crippen LogP contribution in [0.3, 0.4) is 0 Å². The second-order valence-corrected chi connectivity index (χ2v) is 5.18. The van der Waals surface area contributed by atoms with Crippen LogP contribution in [0.15, 0.2) is 51.9 Å². The van der Waals surface area contributed by atoms with E-state index in [0.29, 0.717) is 17.9 Å². The predicted molar refractivity (Wildman–Crippen MR) is 86.2 cm³/mol. The normalized spacial score (nSPS) is 10.8. The van der Waals surface area contributed by atoms with Crippen LogP contribution in [-0.4, -0.2) is 11.6 Å². The van der Waals surface area contributed by atoms with Gasteiger partial charge >= 0.3 is 5.63 Å². The fourth-order valence-electron chi connectivity index (χ4n) is 2.45. The lowest BCUT2D eigenvalue weighted by Gasteiger charge is -2.10. The van der Waals surface area contributed by atoms with E-state index < -0.39 is 0 Å². The lowest BCUT2D eigenvalue weighted by molar-refractivity contribution is 0.317.